The second-order valence-corrected chi connectivity index (χ2v) is 10.8. The molecule has 0 saturated carbocycles. The van der Waals surface area contributed by atoms with Gasteiger partial charge in [-0.05, 0) is 73.4 Å². The molecule has 1 unspecified atom stereocenters. The van der Waals surface area contributed by atoms with Gasteiger partial charge >= 0.3 is 0 Å². The number of nitrogens with zero attached hydrogens (tertiary/aromatic N) is 2. The van der Waals surface area contributed by atoms with Crippen LogP contribution in [0, 0.1) is 11.3 Å². The minimum atomic E-state index is 0.0285. The van der Waals surface area contributed by atoms with Crippen molar-refractivity contribution in [2.75, 3.05) is 0 Å². The molecule has 1 N–H and O–H groups in total. The zero-order valence-corrected chi connectivity index (χ0v) is 22.4. The van der Waals surface area contributed by atoms with Gasteiger partial charge < -0.3 is 4.74 Å². The molecule has 0 amide bonds. The largest absolute Gasteiger partial charge is 0.490 e. The summed E-state index contributed by atoms with van der Waals surface area (Å²) in [6.45, 7) is 7.64. The van der Waals surface area contributed by atoms with E-state index < -0.39 is 0 Å². The van der Waals surface area contributed by atoms with Gasteiger partial charge in [0.05, 0.1) is 11.7 Å². The van der Waals surface area contributed by atoms with Crippen LogP contribution in [0.5, 0.6) is 5.75 Å². The lowest BCUT2D eigenvalue weighted by Crippen LogP contribution is -2.11. The summed E-state index contributed by atoms with van der Waals surface area (Å²) in [7, 11) is 0. The highest BCUT2D eigenvalue weighted by atomic mass is 32.2. The minimum absolute atomic E-state index is 0.0285. The number of thioether (sulfide) groups is 1. The molecule has 1 atom stereocenters. The maximum atomic E-state index is 9.57. The van der Waals surface area contributed by atoms with Gasteiger partial charge in [-0.15, -0.1) is 11.8 Å². The fourth-order valence-corrected chi connectivity index (χ4v) is 6.23. The summed E-state index contributed by atoms with van der Waals surface area (Å²) in [6.07, 6.45) is 3.99. The summed E-state index contributed by atoms with van der Waals surface area (Å²) in [4.78, 5) is 5.21. The average Bonchev–Trinajstić information content (AvgIpc) is 3.31. The molecule has 3 aromatic carbocycles. The van der Waals surface area contributed by atoms with Gasteiger partial charge in [0, 0.05) is 28.7 Å². The average molecular weight is 514 g/mol. The summed E-state index contributed by atoms with van der Waals surface area (Å²) < 4.78 is 9.45. The second kappa shape index (κ2) is 12.8. The highest BCUT2D eigenvalue weighted by Gasteiger charge is 2.25. The molecule has 0 heterocycles. The number of ether oxygens (including phenoxy) is 1. The van der Waals surface area contributed by atoms with Gasteiger partial charge in [0.15, 0.2) is 0 Å². The molecule has 0 aromatic heterocycles. The molecule has 4 nitrogen and oxygen atoms in total. The fraction of sp³-hybridized carbons (Fsp3) is 0.267. The second-order valence-electron chi connectivity index (χ2n) is 8.93. The van der Waals surface area contributed by atoms with E-state index in [2.05, 4.69) is 71.0 Å². The summed E-state index contributed by atoms with van der Waals surface area (Å²) in [5.41, 5.74) is 6.94. The lowest BCUT2D eigenvalue weighted by molar-refractivity contribution is 0.241. The van der Waals surface area contributed by atoms with Gasteiger partial charge in [-0.1, -0.05) is 66.5 Å². The summed E-state index contributed by atoms with van der Waals surface area (Å²) >= 11 is 3.50. The van der Waals surface area contributed by atoms with Gasteiger partial charge in [0.2, 0.25) is 0 Å². The molecule has 184 valence electrons. The molecule has 0 saturated heterocycles. The Kier molecular flexibility index (Phi) is 9.29. The van der Waals surface area contributed by atoms with Crippen molar-refractivity contribution in [2.24, 2.45) is 4.99 Å². The molecule has 4 rings (SSSR count). The van der Waals surface area contributed by atoms with E-state index in [1.807, 2.05) is 38.2 Å². The van der Waals surface area contributed by atoms with E-state index in [-0.39, 0.29) is 6.10 Å². The van der Waals surface area contributed by atoms with Crippen molar-refractivity contribution in [1.29, 1.82) is 5.26 Å². The zero-order valence-electron chi connectivity index (χ0n) is 20.7. The third kappa shape index (κ3) is 6.61. The molecular formula is C30H31N3OS2. The van der Waals surface area contributed by atoms with E-state index in [9.17, 15) is 5.26 Å². The Bertz CT molecular complexity index is 1260. The maximum Gasteiger partial charge on any atom is 0.137 e. The van der Waals surface area contributed by atoms with Gasteiger partial charge in [-0.25, -0.2) is 0 Å². The van der Waals surface area contributed by atoms with Crippen LogP contribution in [0.2, 0.25) is 0 Å². The van der Waals surface area contributed by atoms with Crippen molar-refractivity contribution in [3.05, 3.63) is 106 Å². The molecule has 0 spiro atoms. The molecule has 6 heteroatoms. The molecular weight excluding hydrogens is 482 g/mol. The molecule has 1 aliphatic rings. The molecule has 3 aromatic rings. The minimum Gasteiger partial charge on any atom is -0.490 e. The Morgan fingerprint density at radius 1 is 1.14 bits per heavy atom. The van der Waals surface area contributed by atoms with Crippen molar-refractivity contribution < 1.29 is 4.74 Å². The third-order valence-electron chi connectivity index (χ3n) is 5.97. The molecule has 0 fully saturated rings. The number of rotatable bonds is 11. The lowest BCUT2D eigenvalue weighted by Gasteiger charge is -2.16. The predicted molar refractivity (Wildman–Crippen MR) is 154 cm³/mol. The van der Waals surface area contributed by atoms with Crippen LogP contribution in [0.3, 0.4) is 0 Å². The van der Waals surface area contributed by atoms with E-state index in [4.69, 9.17) is 4.74 Å². The molecule has 0 aliphatic heterocycles. The van der Waals surface area contributed by atoms with E-state index in [1.54, 1.807) is 23.7 Å². The number of fused-ring (bicyclic) bond motifs is 1. The number of nitriles is 1. The van der Waals surface area contributed by atoms with Crippen molar-refractivity contribution in [3.8, 4) is 11.8 Å². The van der Waals surface area contributed by atoms with Gasteiger partial charge in [0.1, 0.15) is 11.8 Å². The Hall–Kier alpha value is -2.98. The maximum absolute atomic E-state index is 9.57. The van der Waals surface area contributed by atoms with Crippen LogP contribution < -0.4 is 9.46 Å². The highest BCUT2D eigenvalue weighted by molar-refractivity contribution is 8.07. The number of hydrogen-bond donors (Lipinski definition) is 1. The first-order valence-electron chi connectivity index (χ1n) is 12.1. The number of benzene rings is 3. The van der Waals surface area contributed by atoms with Crippen molar-refractivity contribution in [1.82, 2.24) is 4.72 Å². The first kappa shape index (κ1) is 26.1. The summed E-state index contributed by atoms with van der Waals surface area (Å²) in [6, 6.07) is 25.6. The van der Waals surface area contributed by atoms with E-state index in [0.717, 1.165) is 34.8 Å². The normalized spacial score (nSPS) is 14.9. The van der Waals surface area contributed by atoms with Crippen molar-refractivity contribution >= 4 is 35.3 Å². The molecule has 0 radical (unpaired) electrons. The predicted octanol–water partition coefficient (Wildman–Crippen LogP) is 7.70. The Morgan fingerprint density at radius 3 is 2.72 bits per heavy atom. The van der Waals surface area contributed by atoms with Crippen LogP contribution in [0.15, 0.2) is 77.9 Å². The Labute approximate surface area is 223 Å². The van der Waals surface area contributed by atoms with Crippen LogP contribution in [0.1, 0.15) is 59.7 Å². The van der Waals surface area contributed by atoms with Crippen molar-refractivity contribution in [3.63, 3.8) is 0 Å². The number of aliphatic imine (C=N–C) groups is 1. The number of hydrogen-bond acceptors (Lipinski definition) is 6. The topological polar surface area (TPSA) is 57.4 Å². The smallest absolute Gasteiger partial charge is 0.137 e. The Balaban J connectivity index is 1.46. The summed E-state index contributed by atoms with van der Waals surface area (Å²) in [5.74, 6) is 2.31. The Morgan fingerprint density at radius 2 is 1.97 bits per heavy atom. The van der Waals surface area contributed by atoms with Gasteiger partial charge in [0.25, 0.3) is 0 Å². The standard InChI is InChI=1S/C30H31N3OS2/c1-21(2)34-29-15-12-23(16-24(29)17-31)19-35-30(18-32-3)27-11-7-10-26-25(27)13-14-28(26)33-36-20-22-8-5-4-6-9-22/h4-12,15-16,18,21,28,33H,3,13-14,19-20H2,1-2H3/b30-18-. The van der Waals surface area contributed by atoms with Gasteiger partial charge in [-0.2, -0.15) is 5.26 Å². The van der Waals surface area contributed by atoms with E-state index >= 15 is 0 Å². The van der Waals surface area contributed by atoms with Crippen LogP contribution >= 0.6 is 23.7 Å². The van der Waals surface area contributed by atoms with Crippen LogP contribution in [0.4, 0.5) is 0 Å². The first-order chi connectivity index (χ1) is 17.6. The van der Waals surface area contributed by atoms with E-state index in [1.165, 1.54) is 22.3 Å². The molecule has 36 heavy (non-hydrogen) atoms. The third-order valence-corrected chi connectivity index (χ3v) is 8.02. The number of nitrogens with one attached hydrogen (secondary N) is 1. The van der Waals surface area contributed by atoms with Crippen LogP contribution in [-0.4, -0.2) is 12.8 Å². The quantitative estimate of drug-likeness (QED) is 0.210. The van der Waals surface area contributed by atoms with E-state index in [0.29, 0.717) is 17.4 Å². The molecule has 0 bridgehead atoms. The monoisotopic (exact) mass is 513 g/mol. The van der Waals surface area contributed by atoms with Crippen LogP contribution in [0.25, 0.3) is 4.91 Å². The van der Waals surface area contributed by atoms with Crippen LogP contribution in [-0.2, 0) is 17.9 Å². The zero-order chi connectivity index (χ0) is 25.3. The first-order valence-corrected chi connectivity index (χ1v) is 14.1. The highest BCUT2D eigenvalue weighted by Crippen LogP contribution is 2.41. The summed E-state index contributed by atoms with van der Waals surface area (Å²) in [5, 5.41) is 9.57. The van der Waals surface area contributed by atoms with Crippen molar-refractivity contribution in [2.45, 2.75) is 50.3 Å². The lowest BCUT2D eigenvalue weighted by atomic mass is 10.0. The fourth-order valence-electron chi connectivity index (χ4n) is 4.35. The van der Waals surface area contributed by atoms with Gasteiger partial charge in [-0.3, -0.25) is 9.71 Å². The molecule has 1 aliphatic carbocycles. The SMILES string of the molecule is C=N/C=C(\SCc1ccc(OC(C)C)c(C#N)c1)c1cccc2c1CCC2NSCc1ccccc1.